The Bertz CT molecular complexity index is 1580. The summed E-state index contributed by atoms with van der Waals surface area (Å²) in [5.41, 5.74) is 0. The van der Waals surface area contributed by atoms with Gasteiger partial charge in [-0.1, -0.05) is 305 Å². The van der Waals surface area contributed by atoms with Crippen molar-refractivity contribution in [3.05, 3.63) is 72.9 Å². The average molecular weight is 1140 g/mol. The van der Waals surface area contributed by atoms with Crippen LogP contribution in [0.3, 0.4) is 0 Å². The lowest BCUT2D eigenvalue weighted by Gasteiger charge is -2.28. The van der Waals surface area contributed by atoms with Crippen molar-refractivity contribution >= 4 is 19.8 Å². The molecule has 9 nitrogen and oxygen atoms in total. The molecule has 0 saturated carbocycles. The van der Waals surface area contributed by atoms with Crippen molar-refractivity contribution in [2.45, 2.75) is 315 Å². The highest BCUT2D eigenvalue weighted by molar-refractivity contribution is 7.45. The van der Waals surface area contributed by atoms with E-state index in [-0.39, 0.29) is 32.0 Å². The van der Waals surface area contributed by atoms with Crippen LogP contribution in [0.2, 0.25) is 0 Å². The Labute approximate surface area is 495 Å². The molecule has 0 aromatic heterocycles. The third-order valence-electron chi connectivity index (χ3n) is 14.7. The lowest BCUT2D eigenvalue weighted by molar-refractivity contribution is -0.870. The second-order valence-corrected chi connectivity index (χ2v) is 25.2. The minimum absolute atomic E-state index is 0.0326. The maximum Gasteiger partial charge on any atom is 0.306 e. The van der Waals surface area contributed by atoms with Crippen LogP contribution >= 0.6 is 7.82 Å². The number of nitrogens with zero attached hydrogens (tertiary/aromatic N) is 1. The molecule has 0 amide bonds. The number of carbonyl (C=O) groups excluding carboxylic acids is 2. The third-order valence-corrected chi connectivity index (χ3v) is 15.7. The van der Waals surface area contributed by atoms with Crippen LogP contribution in [0, 0.1) is 0 Å². The van der Waals surface area contributed by atoms with E-state index < -0.39 is 26.5 Å². The molecule has 0 aliphatic heterocycles. The molecule has 80 heavy (non-hydrogen) atoms. The van der Waals surface area contributed by atoms with Gasteiger partial charge in [-0.15, -0.1) is 0 Å². The lowest BCUT2D eigenvalue weighted by Crippen LogP contribution is -2.37. The van der Waals surface area contributed by atoms with Crippen LogP contribution in [-0.4, -0.2) is 70.0 Å². The van der Waals surface area contributed by atoms with E-state index in [1.165, 1.54) is 193 Å². The molecule has 10 heteroatoms. The molecular weight excluding hydrogens is 1010 g/mol. The van der Waals surface area contributed by atoms with Crippen LogP contribution in [0.5, 0.6) is 0 Å². The Hall–Kier alpha value is -2.55. The van der Waals surface area contributed by atoms with E-state index in [4.69, 9.17) is 18.5 Å². The minimum atomic E-state index is -4.64. The van der Waals surface area contributed by atoms with Gasteiger partial charge in [0.2, 0.25) is 0 Å². The molecule has 0 bridgehead atoms. The van der Waals surface area contributed by atoms with Crippen LogP contribution in [0.15, 0.2) is 72.9 Å². The van der Waals surface area contributed by atoms with Crippen molar-refractivity contribution in [2.75, 3.05) is 47.5 Å². The number of esters is 2. The monoisotopic (exact) mass is 1140 g/mol. The molecule has 0 aromatic carbocycles. The summed E-state index contributed by atoms with van der Waals surface area (Å²) in [5, 5.41) is 0. The molecule has 2 unspecified atom stereocenters. The van der Waals surface area contributed by atoms with Gasteiger partial charge in [0, 0.05) is 12.8 Å². The van der Waals surface area contributed by atoms with Gasteiger partial charge < -0.3 is 27.9 Å². The summed E-state index contributed by atoms with van der Waals surface area (Å²) in [5.74, 6) is -0.827. The second kappa shape index (κ2) is 61.0. The van der Waals surface area contributed by atoms with Crippen molar-refractivity contribution in [1.29, 1.82) is 0 Å². The van der Waals surface area contributed by atoms with Crippen LogP contribution in [0.4, 0.5) is 0 Å². The zero-order chi connectivity index (χ0) is 58.4. The Morgan fingerprint density at radius 2 is 0.713 bits per heavy atom. The number of phosphoric acid groups is 1. The SMILES string of the molecule is CC/C=C\C/C=C\C/C=C\C/C=C\C/C=C\C/C=C\CCCCCCCCCCCCC(=O)OC(COC(=O)CCCCCCCCCCCCCCCCCCCCCCCCCCCCC)COP(=O)([O-])OCC[N+](C)(C)C. The first-order valence-corrected chi connectivity index (χ1v) is 35.1. The summed E-state index contributed by atoms with van der Waals surface area (Å²) in [4.78, 5) is 38.0. The molecular formula is C70H128NO8P. The van der Waals surface area contributed by atoms with Gasteiger partial charge in [0.05, 0.1) is 27.7 Å². The molecule has 466 valence electrons. The van der Waals surface area contributed by atoms with Gasteiger partial charge in [-0.2, -0.15) is 0 Å². The highest BCUT2D eigenvalue weighted by Crippen LogP contribution is 2.38. The molecule has 0 radical (unpaired) electrons. The Morgan fingerprint density at radius 3 is 1.06 bits per heavy atom. The van der Waals surface area contributed by atoms with Crippen LogP contribution in [-0.2, 0) is 32.7 Å². The van der Waals surface area contributed by atoms with E-state index in [1.54, 1.807) is 0 Å². The van der Waals surface area contributed by atoms with Gasteiger partial charge >= 0.3 is 11.9 Å². The predicted octanol–water partition coefficient (Wildman–Crippen LogP) is 21.0. The number of quaternary nitrogens is 1. The fourth-order valence-corrected chi connectivity index (χ4v) is 10.3. The number of carbonyl (C=O) groups is 2. The van der Waals surface area contributed by atoms with E-state index in [9.17, 15) is 19.0 Å². The fraction of sp³-hybridized carbons (Fsp3) is 0.800. The largest absolute Gasteiger partial charge is 0.756 e. The first-order valence-electron chi connectivity index (χ1n) is 33.6. The smallest absolute Gasteiger partial charge is 0.306 e. The van der Waals surface area contributed by atoms with E-state index in [2.05, 4.69) is 86.8 Å². The molecule has 0 aliphatic carbocycles. The highest BCUT2D eigenvalue weighted by Gasteiger charge is 2.22. The third kappa shape index (κ3) is 64.6. The van der Waals surface area contributed by atoms with Gasteiger partial charge in [0.1, 0.15) is 19.8 Å². The van der Waals surface area contributed by atoms with E-state index in [0.29, 0.717) is 17.4 Å². The number of hydrogen-bond donors (Lipinski definition) is 0. The normalized spacial score (nSPS) is 13.6. The quantitative estimate of drug-likeness (QED) is 0.0195. The number of ether oxygens (including phenoxy) is 2. The minimum Gasteiger partial charge on any atom is -0.756 e. The van der Waals surface area contributed by atoms with Crippen molar-refractivity contribution < 1.29 is 42.1 Å². The van der Waals surface area contributed by atoms with E-state index in [0.717, 1.165) is 83.5 Å². The van der Waals surface area contributed by atoms with Crippen LogP contribution in [0.1, 0.15) is 309 Å². The zero-order valence-electron chi connectivity index (χ0n) is 53.0. The highest BCUT2D eigenvalue weighted by atomic mass is 31.2. The first-order chi connectivity index (χ1) is 39.0. The predicted molar refractivity (Wildman–Crippen MR) is 342 cm³/mol. The molecule has 0 saturated heterocycles. The van der Waals surface area contributed by atoms with Crippen LogP contribution < -0.4 is 4.89 Å². The maximum atomic E-state index is 12.8. The summed E-state index contributed by atoms with van der Waals surface area (Å²) in [6.07, 6.45) is 81.1. The van der Waals surface area contributed by atoms with E-state index in [1.807, 2.05) is 21.1 Å². The molecule has 0 rings (SSSR count). The van der Waals surface area contributed by atoms with Crippen molar-refractivity contribution in [3.8, 4) is 0 Å². The first kappa shape index (κ1) is 77.5. The Balaban J connectivity index is 4.08. The average Bonchev–Trinajstić information content (AvgIpc) is 3.42. The van der Waals surface area contributed by atoms with Crippen molar-refractivity contribution in [3.63, 3.8) is 0 Å². The fourth-order valence-electron chi connectivity index (χ4n) is 9.60. The molecule has 0 aliphatic rings. The van der Waals surface area contributed by atoms with Gasteiger partial charge in [0.25, 0.3) is 7.82 Å². The molecule has 0 heterocycles. The molecule has 0 N–H and O–H groups in total. The maximum absolute atomic E-state index is 12.8. The van der Waals surface area contributed by atoms with Gasteiger partial charge in [0.15, 0.2) is 6.10 Å². The second-order valence-electron chi connectivity index (χ2n) is 23.8. The van der Waals surface area contributed by atoms with Gasteiger partial charge in [-0.25, -0.2) is 0 Å². The topological polar surface area (TPSA) is 111 Å². The lowest BCUT2D eigenvalue weighted by atomic mass is 10.0. The van der Waals surface area contributed by atoms with Gasteiger partial charge in [-0.05, 0) is 64.2 Å². The summed E-state index contributed by atoms with van der Waals surface area (Å²) in [6, 6.07) is 0. The number of hydrogen-bond acceptors (Lipinski definition) is 8. The number of allylic oxidation sites excluding steroid dienone is 12. The van der Waals surface area contributed by atoms with Crippen molar-refractivity contribution in [2.24, 2.45) is 0 Å². The van der Waals surface area contributed by atoms with Crippen LogP contribution in [0.25, 0.3) is 0 Å². The number of rotatable bonds is 62. The standard InChI is InChI=1S/C70H128NO8P/c1-6-8-10-12-14-16-18-20-22-24-26-28-30-32-34-35-37-39-41-43-45-47-49-51-53-55-57-59-61-63-70(73)79-68(67-78-80(74,75)77-65-64-71(3,4)5)66-76-69(72)62-60-58-56-54-52-50-48-46-44-42-40-38-36-33-31-29-27-25-23-21-19-17-15-13-11-9-7-2/h8,10,14,16,20,22,26,28,32,34,37,39,68H,6-7,9,11-13,15,17-19,21,23-25,27,29-31,33,35-36,38,40-67H2,1-5H3/b10-8-,16-14-,22-20-,28-26-,34-32-,39-37-. The van der Waals surface area contributed by atoms with Gasteiger partial charge in [-0.3, -0.25) is 14.2 Å². The summed E-state index contributed by atoms with van der Waals surface area (Å²) < 4.78 is 34.3. The van der Waals surface area contributed by atoms with E-state index >= 15 is 0 Å². The number of phosphoric ester groups is 1. The summed E-state index contributed by atoms with van der Waals surface area (Å²) >= 11 is 0. The molecule has 0 spiro atoms. The molecule has 2 atom stereocenters. The number of unbranched alkanes of at least 4 members (excludes halogenated alkanes) is 36. The molecule has 0 fully saturated rings. The zero-order valence-corrected chi connectivity index (χ0v) is 53.9. The Kier molecular flexibility index (Phi) is 59.1. The summed E-state index contributed by atoms with van der Waals surface area (Å²) in [7, 11) is 1.17. The van der Waals surface area contributed by atoms with Crippen molar-refractivity contribution in [1.82, 2.24) is 0 Å². The number of likely N-dealkylation sites (N-methyl/N-ethyl adjacent to an activating group) is 1. The Morgan fingerprint density at radius 1 is 0.400 bits per heavy atom. The molecule has 0 aromatic rings. The summed E-state index contributed by atoms with van der Waals surface area (Å²) in [6.45, 7) is 4.17.